The van der Waals surface area contributed by atoms with E-state index in [1.807, 2.05) is 49.4 Å². The van der Waals surface area contributed by atoms with Crippen LogP contribution in [0.2, 0.25) is 0 Å². The molecule has 0 saturated carbocycles. The summed E-state index contributed by atoms with van der Waals surface area (Å²) in [6.45, 7) is 4.09. The van der Waals surface area contributed by atoms with Crippen molar-refractivity contribution in [3.63, 3.8) is 0 Å². The highest BCUT2D eigenvalue weighted by Crippen LogP contribution is 2.23. The highest BCUT2D eigenvalue weighted by molar-refractivity contribution is 5.85. The zero-order valence-electron chi connectivity index (χ0n) is 14.2. The van der Waals surface area contributed by atoms with Crippen molar-refractivity contribution in [2.75, 3.05) is 0 Å². The summed E-state index contributed by atoms with van der Waals surface area (Å²) < 4.78 is 0. The number of nitrogens with one attached hydrogen (secondary N) is 1. The molecule has 0 radical (unpaired) electrons. The third-order valence-electron chi connectivity index (χ3n) is 4.56. The second-order valence-corrected chi connectivity index (χ2v) is 6.21. The van der Waals surface area contributed by atoms with Crippen molar-refractivity contribution in [3.8, 4) is 0 Å². The molecule has 3 aromatic rings. The highest BCUT2D eigenvalue weighted by Gasteiger charge is 2.20. The maximum atomic E-state index is 12.7. The molecule has 3 aromatic carbocycles. The molecule has 2 atom stereocenters. The van der Waals surface area contributed by atoms with E-state index in [-0.39, 0.29) is 17.9 Å². The van der Waals surface area contributed by atoms with Crippen LogP contribution in [0.5, 0.6) is 0 Å². The first-order valence-corrected chi connectivity index (χ1v) is 8.53. The SMILES string of the molecule is CC[C@H](C(=O)N[C@H](C)c1ccc2ccccc2c1)c1ccccc1. The lowest BCUT2D eigenvalue weighted by molar-refractivity contribution is -0.123. The minimum Gasteiger partial charge on any atom is -0.349 e. The molecule has 0 aliphatic heterocycles. The number of carbonyl (C=O) groups is 1. The Hall–Kier alpha value is -2.61. The van der Waals surface area contributed by atoms with Crippen LogP contribution in [0.1, 0.15) is 43.4 Å². The minimum absolute atomic E-state index is 0.0140. The van der Waals surface area contributed by atoms with Crippen LogP contribution in [0.25, 0.3) is 10.8 Å². The van der Waals surface area contributed by atoms with E-state index >= 15 is 0 Å². The van der Waals surface area contributed by atoms with Gasteiger partial charge in [0.25, 0.3) is 0 Å². The van der Waals surface area contributed by atoms with Gasteiger partial charge in [0.2, 0.25) is 5.91 Å². The van der Waals surface area contributed by atoms with Crippen LogP contribution in [0, 0.1) is 0 Å². The molecule has 0 unspecified atom stereocenters. The molecular formula is C22H23NO. The molecule has 0 aliphatic rings. The van der Waals surface area contributed by atoms with E-state index in [4.69, 9.17) is 0 Å². The summed E-state index contributed by atoms with van der Waals surface area (Å²) in [4.78, 5) is 12.7. The van der Waals surface area contributed by atoms with Crippen molar-refractivity contribution in [2.24, 2.45) is 0 Å². The van der Waals surface area contributed by atoms with Crippen molar-refractivity contribution < 1.29 is 4.79 Å². The molecule has 3 rings (SSSR count). The highest BCUT2D eigenvalue weighted by atomic mass is 16.1. The predicted octanol–water partition coefficient (Wildman–Crippen LogP) is 5.21. The second-order valence-electron chi connectivity index (χ2n) is 6.21. The molecule has 0 fully saturated rings. The van der Waals surface area contributed by atoms with Crippen LogP contribution in [-0.2, 0) is 4.79 Å². The van der Waals surface area contributed by atoms with Crippen LogP contribution in [0.3, 0.4) is 0 Å². The number of carbonyl (C=O) groups excluding carboxylic acids is 1. The van der Waals surface area contributed by atoms with Gasteiger partial charge in [0, 0.05) is 0 Å². The molecule has 122 valence electrons. The second kappa shape index (κ2) is 7.31. The summed E-state index contributed by atoms with van der Waals surface area (Å²) in [5.74, 6) is -0.0153. The van der Waals surface area contributed by atoms with Crippen LogP contribution in [-0.4, -0.2) is 5.91 Å². The fourth-order valence-electron chi connectivity index (χ4n) is 3.13. The molecule has 2 heteroatoms. The fourth-order valence-corrected chi connectivity index (χ4v) is 3.13. The third kappa shape index (κ3) is 3.48. The van der Waals surface area contributed by atoms with Crippen molar-refractivity contribution in [1.29, 1.82) is 0 Å². The van der Waals surface area contributed by atoms with Crippen LogP contribution < -0.4 is 5.32 Å². The number of amides is 1. The molecule has 1 amide bonds. The Balaban J connectivity index is 1.77. The number of fused-ring (bicyclic) bond motifs is 1. The van der Waals surface area contributed by atoms with Crippen molar-refractivity contribution >= 4 is 16.7 Å². The molecule has 0 bridgehead atoms. The van der Waals surface area contributed by atoms with Gasteiger partial charge in [-0.05, 0) is 41.3 Å². The molecular weight excluding hydrogens is 294 g/mol. The van der Waals surface area contributed by atoms with Gasteiger partial charge in [-0.1, -0.05) is 73.7 Å². The predicted molar refractivity (Wildman–Crippen MR) is 100.0 cm³/mol. The van der Waals surface area contributed by atoms with Gasteiger partial charge in [-0.25, -0.2) is 0 Å². The smallest absolute Gasteiger partial charge is 0.228 e. The summed E-state index contributed by atoms with van der Waals surface area (Å²) in [7, 11) is 0. The number of hydrogen-bond acceptors (Lipinski definition) is 1. The monoisotopic (exact) mass is 317 g/mol. The summed E-state index contributed by atoms with van der Waals surface area (Å²) in [6.07, 6.45) is 0.792. The van der Waals surface area contributed by atoms with E-state index in [1.165, 1.54) is 10.8 Å². The third-order valence-corrected chi connectivity index (χ3v) is 4.56. The minimum atomic E-state index is -0.103. The van der Waals surface area contributed by atoms with Gasteiger partial charge in [0.05, 0.1) is 12.0 Å². The lowest BCUT2D eigenvalue weighted by Gasteiger charge is -2.20. The van der Waals surface area contributed by atoms with Crippen molar-refractivity contribution in [2.45, 2.75) is 32.2 Å². The molecule has 0 saturated heterocycles. The Morgan fingerprint density at radius 2 is 1.54 bits per heavy atom. The van der Waals surface area contributed by atoms with Gasteiger partial charge in [-0.2, -0.15) is 0 Å². The number of rotatable bonds is 5. The Morgan fingerprint density at radius 3 is 2.25 bits per heavy atom. The van der Waals surface area contributed by atoms with E-state index in [9.17, 15) is 4.79 Å². The topological polar surface area (TPSA) is 29.1 Å². The van der Waals surface area contributed by atoms with Crippen molar-refractivity contribution in [1.82, 2.24) is 5.32 Å². The normalized spacial score (nSPS) is 13.4. The Bertz CT molecular complexity index is 826. The molecule has 0 aliphatic carbocycles. The summed E-state index contributed by atoms with van der Waals surface area (Å²) in [5.41, 5.74) is 2.20. The Morgan fingerprint density at radius 1 is 0.875 bits per heavy atom. The van der Waals surface area contributed by atoms with Gasteiger partial charge >= 0.3 is 0 Å². The van der Waals surface area contributed by atoms with Gasteiger partial charge < -0.3 is 5.32 Å². The van der Waals surface area contributed by atoms with Crippen LogP contribution in [0.4, 0.5) is 0 Å². The van der Waals surface area contributed by atoms with E-state index in [0.29, 0.717) is 0 Å². The standard InChI is InChI=1S/C22H23NO/c1-3-21(18-10-5-4-6-11-18)22(24)23-16(2)19-14-13-17-9-7-8-12-20(17)15-19/h4-16,21H,3H2,1-2H3,(H,23,24)/t16-,21+/m1/s1. The van der Waals surface area contributed by atoms with E-state index in [2.05, 4.69) is 42.6 Å². The Kier molecular flexibility index (Phi) is 4.95. The molecule has 0 heterocycles. The summed E-state index contributed by atoms with van der Waals surface area (Å²) in [5, 5.41) is 5.59. The summed E-state index contributed by atoms with van der Waals surface area (Å²) in [6, 6.07) is 24.6. The lowest BCUT2D eigenvalue weighted by Crippen LogP contribution is -2.31. The van der Waals surface area contributed by atoms with Crippen LogP contribution >= 0.6 is 0 Å². The largest absolute Gasteiger partial charge is 0.349 e. The molecule has 1 N–H and O–H groups in total. The zero-order chi connectivity index (χ0) is 16.9. The quantitative estimate of drug-likeness (QED) is 0.687. The number of hydrogen-bond donors (Lipinski definition) is 1. The lowest BCUT2D eigenvalue weighted by atomic mass is 9.95. The summed E-state index contributed by atoms with van der Waals surface area (Å²) >= 11 is 0. The van der Waals surface area contributed by atoms with Gasteiger partial charge in [-0.3, -0.25) is 4.79 Å². The van der Waals surface area contributed by atoms with Crippen LogP contribution in [0.15, 0.2) is 72.8 Å². The molecule has 2 nitrogen and oxygen atoms in total. The van der Waals surface area contributed by atoms with E-state index in [1.54, 1.807) is 0 Å². The first-order chi connectivity index (χ1) is 11.7. The first kappa shape index (κ1) is 16.3. The average molecular weight is 317 g/mol. The Labute approximate surface area is 143 Å². The zero-order valence-corrected chi connectivity index (χ0v) is 14.2. The maximum Gasteiger partial charge on any atom is 0.228 e. The van der Waals surface area contributed by atoms with E-state index in [0.717, 1.165) is 17.5 Å². The maximum absolute atomic E-state index is 12.7. The van der Waals surface area contributed by atoms with Crippen molar-refractivity contribution in [3.05, 3.63) is 83.9 Å². The molecule has 24 heavy (non-hydrogen) atoms. The van der Waals surface area contributed by atoms with Gasteiger partial charge in [0.1, 0.15) is 0 Å². The fraction of sp³-hybridized carbons (Fsp3) is 0.227. The van der Waals surface area contributed by atoms with Gasteiger partial charge in [0.15, 0.2) is 0 Å². The number of benzene rings is 3. The molecule has 0 spiro atoms. The van der Waals surface area contributed by atoms with Gasteiger partial charge in [-0.15, -0.1) is 0 Å². The van der Waals surface area contributed by atoms with E-state index < -0.39 is 0 Å². The average Bonchev–Trinajstić information content (AvgIpc) is 2.62. The first-order valence-electron chi connectivity index (χ1n) is 8.53. The molecule has 0 aromatic heterocycles.